The number of carbonyl (C=O) groups is 1. The van der Waals surface area contributed by atoms with Crippen molar-refractivity contribution in [1.82, 2.24) is 9.78 Å². The van der Waals surface area contributed by atoms with Crippen LogP contribution in [0.4, 0.5) is 0 Å². The summed E-state index contributed by atoms with van der Waals surface area (Å²) in [6.45, 7) is 4.17. The molecule has 0 saturated carbocycles. The van der Waals surface area contributed by atoms with Gasteiger partial charge in [0.05, 0.1) is 26.6 Å². The number of nitrogens with two attached hydrogens (primary N) is 1. The summed E-state index contributed by atoms with van der Waals surface area (Å²) >= 11 is 3.30. The summed E-state index contributed by atoms with van der Waals surface area (Å²) in [4.78, 5) is 12.6. The van der Waals surface area contributed by atoms with Gasteiger partial charge in [-0.2, -0.15) is 5.10 Å². The number of primary amides is 1. The summed E-state index contributed by atoms with van der Waals surface area (Å²) in [6, 6.07) is 0. The van der Waals surface area contributed by atoms with E-state index < -0.39 is 0 Å². The van der Waals surface area contributed by atoms with Crippen molar-refractivity contribution in [1.29, 1.82) is 0 Å². The van der Waals surface area contributed by atoms with E-state index in [0.29, 0.717) is 11.3 Å². The van der Waals surface area contributed by atoms with Crippen LogP contribution < -0.4 is 5.73 Å². The molecule has 1 aliphatic carbocycles. The third-order valence-corrected chi connectivity index (χ3v) is 6.86. The maximum absolute atomic E-state index is 11.9. The van der Waals surface area contributed by atoms with Crippen LogP contribution >= 0.6 is 23.1 Å². The van der Waals surface area contributed by atoms with E-state index in [1.54, 1.807) is 18.9 Å². The molecule has 2 heterocycles. The highest BCUT2D eigenvalue weighted by atomic mass is 32.2. The number of nitrogens with zero attached hydrogens (tertiary/aromatic N) is 2. The fraction of sp³-hybridized carbons (Fsp3) is 0.500. The molecule has 7 heteroatoms. The second-order valence-corrected chi connectivity index (χ2v) is 8.07. The molecule has 0 bridgehead atoms. The molecule has 23 heavy (non-hydrogen) atoms. The molecule has 0 aliphatic heterocycles. The molecule has 2 N–H and O–H groups in total. The lowest BCUT2D eigenvalue weighted by Gasteiger charge is -2.24. The van der Waals surface area contributed by atoms with Crippen LogP contribution in [-0.2, 0) is 18.2 Å². The molecule has 0 spiro atoms. The number of hydrogen-bond donors (Lipinski definition) is 1. The predicted octanol–water partition coefficient (Wildman–Crippen LogP) is 3.30. The summed E-state index contributed by atoms with van der Waals surface area (Å²) in [5, 5.41) is 4.58. The van der Waals surface area contributed by atoms with Crippen molar-refractivity contribution in [2.75, 3.05) is 12.9 Å². The predicted molar refractivity (Wildman–Crippen MR) is 94.2 cm³/mol. The molecule has 1 aliphatic rings. The summed E-state index contributed by atoms with van der Waals surface area (Å²) < 4.78 is 8.75. The lowest BCUT2D eigenvalue weighted by Crippen LogP contribution is -2.17. The summed E-state index contributed by atoms with van der Waals surface area (Å²) in [6.07, 6.45) is 1.68. The Bertz CT molecular complexity index is 764. The molecule has 1 atom stereocenters. The van der Waals surface area contributed by atoms with E-state index in [9.17, 15) is 4.79 Å². The first-order valence-electron chi connectivity index (χ1n) is 7.64. The van der Waals surface area contributed by atoms with Crippen LogP contribution in [0, 0.1) is 6.92 Å². The molecule has 2 aromatic rings. The third-order valence-electron chi connectivity index (χ3n) is 4.14. The zero-order chi connectivity index (χ0) is 16.7. The highest BCUT2D eigenvalue weighted by Gasteiger charge is 2.36. The lowest BCUT2D eigenvalue weighted by atomic mass is 9.88. The molecule has 1 amide bonds. The van der Waals surface area contributed by atoms with E-state index in [4.69, 9.17) is 10.5 Å². The van der Waals surface area contributed by atoms with Gasteiger partial charge in [0.25, 0.3) is 5.91 Å². The van der Waals surface area contributed by atoms with Crippen molar-refractivity contribution in [3.8, 4) is 11.3 Å². The average molecular weight is 351 g/mol. The highest BCUT2D eigenvalue weighted by molar-refractivity contribution is 8.01. The zero-order valence-electron chi connectivity index (χ0n) is 13.8. The Balaban J connectivity index is 2.26. The highest BCUT2D eigenvalue weighted by Crippen LogP contribution is 2.50. The van der Waals surface area contributed by atoms with Crippen molar-refractivity contribution in [3.05, 3.63) is 21.7 Å². The topological polar surface area (TPSA) is 70.1 Å². The lowest BCUT2D eigenvalue weighted by molar-refractivity contribution is 0.0981. The number of thiophene rings is 1. The summed E-state index contributed by atoms with van der Waals surface area (Å²) in [5.41, 5.74) is 11.0. The molecule has 0 aromatic carbocycles. The molecular weight excluding hydrogens is 330 g/mol. The monoisotopic (exact) mass is 351 g/mol. The Morgan fingerprint density at radius 2 is 2.30 bits per heavy atom. The zero-order valence-corrected chi connectivity index (χ0v) is 15.4. The number of ether oxygens (including phenoxy) is 1. The Morgan fingerprint density at radius 3 is 2.91 bits per heavy atom. The van der Waals surface area contributed by atoms with Gasteiger partial charge in [-0.15, -0.1) is 23.1 Å². The second-order valence-electron chi connectivity index (χ2n) is 5.68. The molecule has 0 fully saturated rings. The first-order valence-corrected chi connectivity index (χ1v) is 9.44. The van der Waals surface area contributed by atoms with Crippen molar-refractivity contribution >= 4 is 29.0 Å². The number of aryl methyl sites for hydroxylation is 2. The number of hydrogen-bond acceptors (Lipinski definition) is 5. The van der Waals surface area contributed by atoms with E-state index in [1.807, 2.05) is 18.7 Å². The fourth-order valence-corrected chi connectivity index (χ4v) is 5.62. The third kappa shape index (κ3) is 2.60. The molecule has 5 nitrogen and oxygen atoms in total. The van der Waals surface area contributed by atoms with Gasteiger partial charge < -0.3 is 10.5 Å². The summed E-state index contributed by atoms with van der Waals surface area (Å²) in [7, 11) is 3.65. The number of methoxy groups -OCH3 is 1. The van der Waals surface area contributed by atoms with Gasteiger partial charge in [-0.1, -0.05) is 6.92 Å². The van der Waals surface area contributed by atoms with E-state index in [-0.39, 0.29) is 12.0 Å². The molecule has 3 rings (SSSR count). The minimum atomic E-state index is -0.355. The number of amides is 1. The van der Waals surface area contributed by atoms with Crippen molar-refractivity contribution in [2.24, 2.45) is 12.8 Å². The van der Waals surface area contributed by atoms with Gasteiger partial charge in [0.15, 0.2) is 0 Å². The van der Waals surface area contributed by atoms with Gasteiger partial charge in [-0.25, -0.2) is 0 Å². The van der Waals surface area contributed by atoms with Crippen LogP contribution in [0.15, 0.2) is 4.21 Å². The smallest absolute Gasteiger partial charge is 0.259 e. The van der Waals surface area contributed by atoms with Gasteiger partial charge in [-0.05, 0) is 24.7 Å². The van der Waals surface area contributed by atoms with Crippen molar-refractivity contribution < 1.29 is 9.53 Å². The molecule has 2 aromatic heterocycles. The maximum atomic E-state index is 11.9. The number of aromatic nitrogens is 2. The van der Waals surface area contributed by atoms with Crippen LogP contribution in [-0.4, -0.2) is 28.6 Å². The Labute approximate surface area is 144 Å². The minimum Gasteiger partial charge on any atom is -0.376 e. The van der Waals surface area contributed by atoms with Crippen LogP contribution in [0.3, 0.4) is 0 Å². The van der Waals surface area contributed by atoms with Gasteiger partial charge in [-0.3, -0.25) is 9.48 Å². The maximum Gasteiger partial charge on any atom is 0.259 e. The van der Waals surface area contributed by atoms with E-state index >= 15 is 0 Å². The molecular formula is C16H21N3O2S2. The second kappa shape index (κ2) is 6.30. The number of thioether (sulfide) groups is 1. The Hall–Kier alpha value is -1.31. The molecule has 0 radical (unpaired) electrons. The number of fused-ring (bicyclic) bond motifs is 3. The van der Waals surface area contributed by atoms with Gasteiger partial charge in [0.2, 0.25) is 0 Å². The van der Waals surface area contributed by atoms with E-state index in [2.05, 4.69) is 12.0 Å². The SMILES string of the molecule is CCCSc1sc(C(N)=O)c2c1-c1c(c(C)nn1C)C(OC)C2. The summed E-state index contributed by atoms with van der Waals surface area (Å²) in [5.74, 6) is 0.664. The fourth-order valence-electron chi connectivity index (χ4n) is 3.22. The van der Waals surface area contributed by atoms with Crippen LogP contribution in [0.2, 0.25) is 0 Å². The minimum absolute atomic E-state index is 0.0806. The van der Waals surface area contributed by atoms with Crippen molar-refractivity contribution in [2.45, 2.75) is 37.0 Å². The Kier molecular flexibility index (Phi) is 4.53. The Morgan fingerprint density at radius 1 is 1.57 bits per heavy atom. The standard InChI is InChI=1S/C16H21N3O2S2/c1-5-6-22-16-12-9(14(23-16)15(17)20)7-10(21-4)11-8(2)18-19(3)13(11)12/h10H,5-7H2,1-4H3,(H2,17,20). The van der Waals surface area contributed by atoms with Gasteiger partial charge in [0, 0.05) is 31.7 Å². The largest absolute Gasteiger partial charge is 0.376 e. The first kappa shape index (κ1) is 16.5. The number of carbonyl (C=O) groups excluding carboxylic acids is 1. The van der Waals surface area contributed by atoms with Crippen LogP contribution in [0.1, 0.15) is 45.9 Å². The van der Waals surface area contributed by atoms with Crippen molar-refractivity contribution in [3.63, 3.8) is 0 Å². The van der Waals surface area contributed by atoms with E-state index in [0.717, 1.165) is 44.5 Å². The average Bonchev–Trinajstić information content (AvgIpc) is 3.02. The van der Waals surface area contributed by atoms with Gasteiger partial charge in [0.1, 0.15) is 0 Å². The molecule has 1 unspecified atom stereocenters. The first-order chi connectivity index (χ1) is 11.0. The van der Waals surface area contributed by atoms with Crippen LogP contribution in [0.25, 0.3) is 11.3 Å². The van der Waals surface area contributed by atoms with E-state index in [1.165, 1.54) is 11.3 Å². The number of rotatable bonds is 5. The normalized spacial score (nSPS) is 16.3. The van der Waals surface area contributed by atoms with Gasteiger partial charge >= 0.3 is 0 Å². The quantitative estimate of drug-likeness (QED) is 0.839. The van der Waals surface area contributed by atoms with Crippen LogP contribution in [0.5, 0.6) is 0 Å². The molecule has 0 saturated heterocycles. The molecule has 124 valence electrons.